The van der Waals surface area contributed by atoms with Crippen LogP contribution in [0.1, 0.15) is 11.1 Å². The van der Waals surface area contributed by atoms with Crippen molar-refractivity contribution in [2.45, 2.75) is 13.2 Å². The quantitative estimate of drug-likeness (QED) is 0.477. The van der Waals surface area contributed by atoms with Gasteiger partial charge in [-0.1, -0.05) is 48.5 Å². The highest BCUT2D eigenvalue weighted by Crippen LogP contribution is 2.28. The first kappa shape index (κ1) is 15.5. The molecule has 0 fully saturated rings. The second kappa shape index (κ2) is 6.81. The zero-order valence-corrected chi connectivity index (χ0v) is 13.7. The lowest BCUT2D eigenvalue weighted by Crippen LogP contribution is -1.98. The van der Waals surface area contributed by atoms with Crippen molar-refractivity contribution in [2.24, 2.45) is 0 Å². The Bertz CT molecular complexity index is 974. The molecule has 2 nitrogen and oxygen atoms in total. The van der Waals surface area contributed by atoms with Crippen LogP contribution in [0.2, 0.25) is 0 Å². The smallest absolute Gasteiger partial charge is 0.129 e. The summed E-state index contributed by atoms with van der Waals surface area (Å²) in [5.74, 6) is 0.664. The van der Waals surface area contributed by atoms with E-state index in [2.05, 4.69) is 28.8 Å². The number of benzene rings is 3. The lowest BCUT2D eigenvalue weighted by molar-refractivity contribution is 0.310. The van der Waals surface area contributed by atoms with Gasteiger partial charge in [0.2, 0.25) is 0 Å². The molecule has 1 heterocycles. The van der Waals surface area contributed by atoms with Gasteiger partial charge in [0.1, 0.15) is 18.2 Å². The van der Waals surface area contributed by atoms with E-state index in [0.29, 0.717) is 13.2 Å². The summed E-state index contributed by atoms with van der Waals surface area (Å²) in [5, 5.41) is 1.08. The van der Waals surface area contributed by atoms with E-state index in [4.69, 9.17) is 4.74 Å². The average molecular weight is 331 g/mol. The van der Waals surface area contributed by atoms with Gasteiger partial charge < -0.3 is 9.30 Å². The predicted octanol–water partition coefficient (Wildman–Crippen LogP) is 5.41. The van der Waals surface area contributed by atoms with Crippen molar-refractivity contribution >= 4 is 10.9 Å². The van der Waals surface area contributed by atoms with E-state index in [1.807, 2.05) is 48.7 Å². The molecule has 4 rings (SSSR count). The number of hydrogen-bond acceptors (Lipinski definition) is 1. The van der Waals surface area contributed by atoms with Gasteiger partial charge in [-0.15, -0.1) is 0 Å². The zero-order valence-electron chi connectivity index (χ0n) is 13.7. The molecule has 124 valence electrons. The Balaban J connectivity index is 1.58. The maximum Gasteiger partial charge on any atom is 0.129 e. The molecule has 0 radical (unpaired) electrons. The van der Waals surface area contributed by atoms with Crippen LogP contribution in [-0.2, 0) is 13.2 Å². The van der Waals surface area contributed by atoms with Crippen LogP contribution in [0.4, 0.5) is 4.39 Å². The zero-order chi connectivity index (χ0) is 17.1. The van der Waals surface area contributed by atoms with E-state index in [1.54, 1.807) is 0 Å². The molecule has 0 saturated heterocycles. The van der Waals surface area contributed by atoms with Gasteiger partial charge in [0, 0.05) is 18.1 Å². The van der Waals surface area contributed by atoms with Crippen molar-refractivity contribution in [3.05, 3.63) is 102 Å². The molecule has 0 aliphatic heterocycles. The Morgan fingerprint density at radius 1 is 0.760 bits per heavy atom. The monoisotopic (exact) mass is 331 g/mol. The van der Waals surface area contributed by atoms with Gasteiger partial charge >= 0.3 is 0 Å². The molecule has 0 spiro atoms. The molecule has 1 aromatic heterocycles. The molecular formula is C22H18FNO. The van der Waals surface area contributed by atoms with Crippen LogP contribution in [-0.4, -0.2) is 4.57 Å². The van der Waals surface area contributed by atoms with Crippen LogP contribution in [0.5, 0.6) is 5.75 Å². The fraction of sp³-hybridized carbons (Fsp3) is 0.0909. The van der Waals surface area contributed by atoms with Crippen LogP contribution >= 0.6 is 0 Å². The van der Waals surface area contributed by atoms with E-state index in [0.717, 1.165) is 27.8 Å². The first-order valence-electron chi connectivity index (χ1n) is 8.28. The van der Waals surface area contributed by atoms with Crippen LogP contribution < -0.4 is 4.74 Å². The second-order valence-corrected chi connectivity index (χ2v) is 6.03. The van der Waals surface area contributed by atoms with E-state index in [-0.39, 0.29) is 5.82 Å². The van der Waals surface area contributed by atoms with E-state index < -0.39 is 0 Å². The Morgan fingerprint density at radius 3 is 2.36 bits per heavy atom. The number of rotatable bonds is 5. The molecule has 0 aliphatic rings. The summed E-state index contributed by atoms with van der Waals surface area (Å²) in [5.41, 5.74) is 3.31. The number of hydrogen-bond donors (Lipinski definition) is 0. The number of ether oxygens (including phenoxy) is 1. The first-order chi connectivity index (χ1) is 12.3. The molecule has 0 amide bonds. The molecule has 3 aromatic carbocycles. The van der Waals surface area contributed by atoms with Crippen molar-refractivity contribution in [1.29, 1.82) is 0 Å². The predicted molar refractivity (Wildman–Crippen MR) is 98.2 cm³/mol. The molecule has 0 N–H and O–H groups in total. The van der Waals surface area contributed by atoms with Gasteiger partial charge in [0.05, 0.1) is 5.52 Å². The summed E-state index contributed by atoms with van der Waals surface area (Å²) in [6.07, 6.45) is 2.05. The Hall–Kier alpha value is -3.07. The molecule has 0 aliphatic carbocycles. The third-order valence-electron chi connectivity index (χ3n) is 4.28. The highest BCUT2D eigenvalue weighted by atomic mass is 19.1. The summed E-state index contributed by atoms with van der Waals surface area (Å²) in [6.45, 7) is 1.25. The maximum atomic E-state index is 13.1. The number of aromatic nitrogens is 1. The molecule has 4 aromatic rings. The van der Waals surface area contributed by atoms with Gasteiger partial charge in [-0.3, -0.25) is 0 Å². The fourth-order valence-corrected chi connectivity index (χ4v) is 2.98. The summed E-state index contributed by atoms with van der Waals surface area (Å²) in [4.78, 5) is 0. The Morgan fingerprint density at radius 2 is 1.56 bits per heavy atom. The number of halogens is 1. The van der Waals surface area contributed by atoms with E-state index in [1.165, 1.54) is 12.1 Å². The average Bonchev–Trinajstić information content (AvgIpc) is 3.06. The van der Waals surface area contributed by atoms with Crippen molar-refractivity contribution in [3.63, 3.8) is 0 Å². The topological polar surface area (TPSA) is 14.2 Å². The van der Waals surface area contributed by atoms with Gasteiger partial charge in [-0.05, 0) is 41.5 Å². The molecule has 0 atom stereocenters. The molecule has 0 bridgehead atoms. The third-order valence-corrected chi connectivity index (χ3v) is 4.28. The molecule has 0 unspecified atom stereocenters. The van der Waals surface area contributed by atoms with Crippen LogP contribution in [0.15, 0.2) is 85.1 Å². The summed E-state index contributed by atoms with van der Waals surface area (Å²) < 4.78 is 21.2. The standard InChI is InChI=1S/C22H18FNO/c23-19-11-9-17(10-12-19)15-24-14-13-20-21(24)7-4-8-22(20)25-16-18-5-2-1-3-6-18/h1-14H,15-16H2. The van der Waals surface area contributed by atoms with Crippen molar-refractivity contribution in [1.82, 2.24) is 4.57 Å². The minimum Gasteiger partial charge on any atom is -0.488 e. The van der Waals surface area contributed by atoms with Gasteiger partial charge in [-0.2, -0.15) is 0 Å². The first-order valence-corrected chi connectivity index (χ1v) is 8.28. The minimum absolute atomic E-state index is 0.210. The number of fused-ring (bicyclic) bond motifs is 1. The highest BCUT2D eigenvalue weighted by Gasteiger charge is 2.07. The maximum absolute atomic E-state index is 13.1. The van der Waals surface area contributed by atoms with Crippen molar-refractivity contribution < 1.29 is 9.13 Å². The van der Waals surface area contributed by atoms with Crippen molar-refractivity contribution in [2.75, 3.05) is 0 Å². The normalized spacial score (nSPS) is 10.9. The lowest BCUT2D eigenvalue weighted by Gasteiger charge is -2.09. The van der Waals surface area contributed by atoms with Crippen LogP contribution in [0.3, 0.4) is 0 Å². The Labute approximate surface area is 146 Å². The highest BCUT2D eigenvalue weighted by molar-refractivity contribution is 5.86. The van der Waals surface area contributed by atoms with E-state index in [9.17, 15) is 4.39 Å². The number of nitrogens with zero attached hydrogens (tertiary/aromatic N) is 1. The summed E-state index contributed by atoms with van der Waals surface area (Å²) >= 11 is 0. The Kier molecular flexibility index (Phi) is 4.21. The van der Waals surface area contributed by atoms with Gasteiger partial charge in [-0.25, -0.2) is 4.39 Å². The molecule has 0 saturated carbocycles. The molecule has 25 heavy (non-hydrogen) atoms. The fourth-order valence-electron chi connectivity index (χ4n) is 2.98. The molecule has 3 heteroatoms. The lowest BCUT2D eigenvalue weighted by atomic mass is 10.2. The largest absolute Gasteiger partial charge is 0.488 e. The van der Waals surface area contributed by atoms with Crippen LogP contribution in [0, 0.1) is 5.82 Å². The van der Waals surface area contributed by atoms with E-state index >= 15 is 0 Å². The van der Waals surface area contributed by atoms with Gasteiger partial charge in [0.25, 0.3) is 0 Å². The minimum atomic E-state index is -0.210. The van der Waals surface area contributed by atoms with Gasteiger partial charge in [0.15, 0.2) is 0 Å². The van der Waals surface area contributed by atoms with Crippen LogP contribution in [0.25, 0.3) is 10.9 Å². The summed E-state index contributed by atoms with van der Waals surface area (Å²) in [7, 11) is 0. The summed E-state index contributed by atoms with van der Waals surface area (Å²) in [6, 6.07) is 24.9. The molecular weight excluding hydrogens is 313 g/mol. The third kappa shape index (κ3) is 3.41. The second-order valence-electron chi connectivity index (χ2n) is 6.03. The SMILES string of the molecule is Fc1ccc(Cn2ccc3c(OCc4ccccc4)cccc32)cc1. The van der Waals surface area contributed by atoms with Crippen molar-refractivity contribution in [3.8, 4) is 5.75 Å².